The number of benzene rings is 4. The van der Waals surface area contributed by atoms with Crippen molar-refractivity contribution in [1.29, 1.82) is 0 Å². The number of rotatable bonds is 14. The molecule has 0 amide bonds. The number of hydrogen-bond acceptors (Lipinski definition) is 6. The number of aliphatic carboxylic acids is 2. The van der Waals surface area contributed by atoms with Crippen LogP contribution >= 0.6 is 15.9 Å². The smallest absolute Gasteiger partial charge is 0.347 e. The molecule has 0 aromatic heterocycles. The van der Waals surface area contributed by atoms with Gasteiger partial charge in [-0.1, -0.05) is 82.2 Å². The Kier molecular flexibility index (Phi) is 13.1. The Balaban J connectivity index is 0.000000214. The number of methoxy groups -OCH3 is 2. The van der Waals surface area contributed by atoms with E-state index in [9.17, 15) is 19.8 Å². The van der Waals surface area contributed by atoms with Crippen LogP contribution in [0.4, 0.5) is 0 Å². The predicted molar refractivity (Wildman–Crippen MR) is 223 cm³/mol. The molecule has 4 aromatic rings. The van der Waals surface area contributed by atoms with Crippen molar-refractivity contribution in [3.63, 3.8) is 0 Å². The molecule has 6 rings (SSSR count). The molecule has 2 fully saturated rings. The molecular weight excluding hydrogens is 772 g/mol. The normalized spacial score (nSPS) is 19.9. The highest BCUT2D eigenvalue weighted by Crippen LogP contribution is 2.57. The molecule has 2 aliphatic rings. The van der Waals surface area contributed by atoms with Crippen LogP contribution in [0.1, 0.15) is 115 Å². The molecule has 8 nitrogen and oxygen atoms in total. The first-order chi connectivity index (χ1) is 26.3. The topological polar surface area (TPSA) is 112 Å². The Morgan fingerprint density at radius 2 is 0.929 bits per heavy atom. The minimum Gasteiger partial charge on any atom is -0.478 e. The van der Waals surface area contributed by atoms with Gasteiger partial charge in [-0.2, -0.15) is 0 Å². The molecule has 4 aromatic carbocycles. The lowest BCUT2D eigenvalue weighted by atomic mass is 9.97. The first kappa shape index (κ1) is 43.0. The third-order valence-corrected chi connectivity index (χ3v) is 11.7. The fraction of sp³-hybridized carbons (Fsp3) is 0.447. The van der Waals surface area contributed by atoms with Crippen molar-refractivity contribution in [2.75, 3.05) is 14.2 Å². The predicted octanol–water partition coefficient (Wildman–Crippen LogP) is 11.1. The largest absolute Gasteiger partial charge is 0.478 e. The fourth-order valence-electron chi connectivity index (χ4n) is 7.71. The zero-order valence-electron chi connectivity index (χ0n) is 34.5. The summed E-state index contributed by atoms with van der Waals surface area (Å²) in [6.07, 6.45) is 2.33. The highest BCUT2D eigenvalue weighted by molar-refractivity contribution is 9.10. The molecule has 56 heavy (non-hydrogen) atoms. The van der Waals surface area contributed by atoms with Crippen LogP contribution in [-0.4, -0.2) is 47.6 Å². The minimum atomic E-state index is -1.26. The van der Waals surface area contributed by atoms with Crippen LogP contribution in [0.25, 0.3) is 0 Å². The molecule has 2 aliphatic carbocycles. The van der Waals surface area contributed by atoms with E-state index in [1.54, 1.807) is 41.9 Å². The van der Waals surface area contributed by atoms with Gasteiger partial charge in [0.25, 0.3) is 0 Å². The average Bonchev–Trinajstić information content (AvgIpc) is 4.07. The van der Waals surface area contributed by atoms with Crippen molar-refractivity contribution in [2.45, 2.75) is 110 Å². The third kappa shape index (κ3) is 9.85. The summed E-state index contributed by atoms with van der Waals surface area (Å²) in [5.41, 5.74) is 7.55. The van der Waals surface area contributed by atoms with Gasteiger partial charge in [0.1, 0.15) is 11.5 Å². The van der Waals surface area contributed by atoms with E-state index in [0.29, 0.717) is 35.2 Å². The van der Waals surface area contributed by atoms with Crippen molar-refractivity contribution >= 4 is 27.9 Å². The molecule has 2 saturated carbocycles. The molecule has 0 aliphatic heterocycles. The maximum Gasteiger partial charge on any atom is 0.347 e. The van der Waals surface area contributed by atoms with Gasteiger partial charge in [-0.05, 0) is 155 Å². The van der Waals surface area contributed by atoms with Gasteiger partial charge in [0.05, 0.1) is 12.2 Å². The summed E-state index contributed by atoms with van der Waals surface area (Å²) in [7, 11) is 3.55. The van der Waals surface area contributed by atoms with Crippen LogP contribution in [0.15, 0.2) is 77.3 Å². The van der Waals surface area contributed by atoms with Crippen LogP contribution in [0, 0.1) is 46.5 Å². The molecule has 300 valence electrons. The molecule has 6 unspecified atom stereocenters. The highest BCUT2D eigenvalue weighted by atomic mass is 79.9. The SMILES string of the molecule is COC(c1ccc(Br)cc1)C1CC1c1cc(C)c(OC(C)(C)C(=O)O)c(C)c1.COC(c1ccc(C)cc1)C1CC1c1cc(C)c(OC(C)(C)C(=O)O)c(C)c1. The lowest BCUT2D eigenvalue weighted by molar-refractivity contribution is -0.152. The van der Waals surface area contributed by atoms with Gasteiger partial charge in [0.15, 0.2) is 11.2 Å². The number of halogens is 1. The van der Waals surface area contributed by atoms with Crippen molar-refractivity contribution < 1.29 is 38.7 Å². The Morgan fingerprint density at radius 3 is 1.23 bits per heavy atom. The molecule has 0 bridgehead atoms. The average molecular weight is 830 g/mol. The maximum atomic E-state index is 11.4. The Hall–Kier alpha value is -4.18. The van der Waals surface area contributed by atoms with Crippen molar-refractivity contribution in [1.82, 2.24) is 0 Å². The zero-order valence-corrected chi connectivity index (χ0v) is 36.1. The Bertz CT molecular complexity index is 1840. The molecule has 9 heteroatoms. The molecule has 0 spiro atoms. The summed E-state index contributed by atoms with van der Waals surface area (Å²) in [4.78, 5) is 22.8. The number of ether oxygens (including phenoxy) is 4. The maximum absolute atomic E-state index is 11.4. The highest BCUT2D eigenvalue weighted by Gasteiger charge is 2.46. The van der Waals surface area contributed by atoms with E-state index in [-0.39, 0.29) is 12.2 Å². The van der Waals surface area contributed by atoms with E-state index in [0.717, 1.165) is 39.6 Å². The number of carboxylic acids is 2. The number of carboxylic acid groups (broad SMARTS) is 2. The molecule has 0 radical (unpaired) electrons. The van der Waals surface area contributed by atoms with E-state index in [1.807, 2.05) is 39.8 Å². The third-order valence-electron chi connectivity index (χ3n) is 11.1. The van der Waals surface area contributed by atoms with Crippen LogP contribution < -0.4 is 9.47 Å². The van der Waals surface area contributed by atoms with Gasteiger partial charge in [-0.15, -0.1) is 0 Å². The lowest BCUT2D eigenvalue weighted by Gasteiger charge is -2.24. The summed E-state index contributed by atoms with van der Waals surface area (Å²) in [6, 6.07) is 25.4. The molecule has 2 N–H and O–H groups in total. The number of aryl methyl sites for hydroxylation is 5. The van der Waals surface area contributed by atoms with Crippen molar-refractivity contribution in [3.8, 4) is 11.5 Å². The first-order valence-corrected chi connectivity index (χ1v) is 20.0. The quantitative estimate of drug-likeness (QED) is 0.129. The number of carbonyl (C=O) groups is 2. The van der Waals surface area contributed by atoms with E-state index in [4.69, 9.17) is 18.9 Å². The lowest BCUT2D eigenvalue weighted by Crippen LogP contribution is -2.38. The van der Waals surface area contributed by atoms with E-state index >= 15 is 0 Å². The Labute approximate surface area is 340 Å². The Morgan fingerprint density at radius 1 is 0.607 bits per heavy atom. The van der Waals surface area contributed by atoms with Gasteiger partial charge < -0.3 is 29.2 Å². The summed E-state index contributed by atoms with van der Waals surface area (Å²) in [5, 5.41) is 18.7. The van der Waals surface area contributed by atoms with Crippen LogP contribution in [0.5, 0.6) is 11.5 Å². The molecular formula is C47H57BrO8. The fourth-order valence-corrected chi connectivity index (χ4v) is 7.97. The first-order valence-electron chi connectivity index (χ1n) is 19.2. The standard InChI is InChI=1S/C24H30O4.C23H27BrO4/c1-14-7-9-17(10-8-14)22(27-6)20-13-19(20)18-11-15(2)21(16(3)12-18)28-24(4,5)23(25)26;1-13-10-16(11-14(2)20(13)28-23(3,4)22(25)26)18-12-19(18)21(27-5)15-6-8-17(24)9-7-15/h7-12,19-20,22H,13H2,1-6H3,(H,25,26);6-11,18-19,21H,12H2,1-5H3,(H,25,26). The molecule has 0 saturated heterocycles. The van der Waals surface area contributed by atoms with Gasteiger partial charge in [0, 0.05) is 18.7 Å². The summed E-state index contributed by atoms with van der Waals surface area (Å²) in [6.45, 7) is 16.3. The van der Waals surface area contributed by atoms with E-state index < -0.39 is 23.1 Å². The zero-order chi connectivity index (χ0) is 41.3. The molecule has 0 heterocycles. The van der Waals surface area contributed by atoms with E-state index in [1.165, 1.54) is 27.8 Å². The van der Waals surface area contributed by atoms with Gasteiger partial charge in [-0.3, -0.25) is 0 Å². The second-order valence-corrected chi connectivity index (χ2v) is 17.5. The summed E-state index contributed by atoms with van der Waals surface area (Å²) < 4.78 is 24.4. The molecule has 6 atom stereocenters. The van der Waals surface area contributed by atoms with Gasteiger partial charge in [-0.25, -0.2) is 9.59 Å². The summed E-state index contributed by atoms with van der Waals surface area (Å²) >= 11 is 3.48. The van der Waals surface area contributed by atoms with Crippen LogP contribution in [0.2, 0.25) is 0 Å². The second-order valence-electron chi connectivity index (χ2n) is 16.6. The second kappa shape index (κ2) is 17.1. The monoisotopic (exact) mass is 828 g/mol. The van der Waals surface area contributed by atoms with Crippen molar-refractivity contribution in [2.24, 2.45) is 11.8 Å². The van der Waals surface area contributed by atoms with E-state index in [2.05, 4.69) is 83.5 Å². The van der Waals surface area contributed by atoms with Gasteiger partial charge >= 0.3 is 11.9 Å². The number of hydrogen-bond donors (Lipinski definition) is 2. The van der Waals surface area contributed by atoms with Crippen LogP contribution in [-0.2, 0) is 19.1 Å². The summed E-state index contributed by atoms with van der Waals surface area (Å²) in [5.74, 6) is 1.15. The van der Waals surface area contributed by atoms with Crippen molar-refractivity contribution in [3.05, 3.63) is 127 Å². The van der Waals surface area contributed by atoms with Crippen LogP contribution in [0.3, 0.4) is 0 Å². The van der Waals surface area contributed by atoms with Gasteiger partial charge in [0.2, 0.25) is 0 Å². The minimum absolute atomic E-state index is 0.0700.